The average molecular weight is 305 g/mol. The number of nitrogens with two attached hydrogens (primary N) is 3. The standard InChI is InChI=1S/C15H20FN5O/c1-7(2)12-11(18)14(15(19)22)21(20-12)13-8(3)4-9(6-17)5-10(13)16/h4-5,7H,6,17-18H2,1-3H3,(H2,19,22). The summed E-state index contributed by atoms with van der Waals surface area (Å²) >= 11 is 0. The van der Waals surface area contributed by atoms with Crippen molar-refractivity contribution in [2.45, 2.75) is 33.2 Å². The number of carbonyl (C=O) groups is 1. The molecule has 0 saturated carbocycles. The molecule has 0 bridgehead atoms. The normalized spacial score (nSPS) is 11.2. The molecule has 6 nitrogen and oxygen atoms in total. The maximum atomic E-state index is 14.5. The lowest BCUT2D eigenvalue weighted by molar-refractivity contribution is 0.0993. The molecule has 7 heteroatoms. The lowest BCUT2D eigenvalue weighted by atomic mass is 10.1. The Morgan fingerprint density at radius 3 is 2.50 bits per heavy atom. The second-order valence-electron chi connectivity index (χ2n) is 5.53. The van der Waals surface area contributed by atoms with Gasteiger partial charge >= 0.3 is 0 Å². The molecule has 0 fully saturated rings. The van der Waals surface area contributed by atoms with Gasteiger partial charge in [-0.05, 0) is 30.0 Å². The third-order valence-corrected chi connectivity index (χ3v) is 3.49. The van der Waals surface area contributed by atoms with E-state index in [4.69, 9.17) is 17.2 Å². The summed E-state index contributed by atoms with van der Waals surface area (Å²) in [7, 11) is 0. The van der Waals surface area contributed by atoms with Crippen molar-refractivity contribution in [3.05, 3.63) is 40.5 Å². The number of benzene rings is 1. The van der Waals surface area contributed by atoms with Gasteiger partial charge in [0.25, 0.3) is 5.91 Å². The summed E-state index contributed by atoms with van der Waals surface area (Å²) in [6.45, 7) is 5.71. The molecule has 6 N–H and O–H groups in total. The number of amides is 1. The smallest absolute Gasteiger partial charge is 0.269 e. The van der Waals surface area contributed by atoms with Crippen LogP contribution in [-0.2, 0) is 6.54 Å². The summed E-state index contributed by atoms with van der Waals surface area (Å²) in [6.07, 6.45) is 0. The topological polar surface area (TPSA) is 113 Å². The van der Waals surface area contributed by atoms with Gasteiger partial charge in [-0.25, -0.2) is 9.07 Å². The number of aromatic nitrogens is 2. The van der Waals surface area contributed by atoms with E-state index in [1.54, 1.807) is 13.0 Å². The number of nitrogens with zero attached hydrogens (tertiary/aromatic N) is 2. The van der Waals surface area contributed by atoms with Crippen molar-refractivity contribution >= 4 is 11.6 Å². The molecular weight excluding hydrogens is 285 g/mol. The highest BCUT2D eigenvalue weighted by atomic mass is 19.1. The molecule has 118 valence electrons. The second-order valence-corrected chi connectivity index (χ2v) is 5.53. The van der Waals surface area contributed by atoms with Crippen LogP contribution < -0.4 is 17.2 Å². The van der Waals surface area contributed by atoms with Gasteiger partial charge in [-0.3, -0.25) is 4.79 Å². The number of anilines is 1. The lowest BCUT2D eigenvalue weighted by Gasteiger charge is -2.11. The van der Waals surface area contributed by atoms with Crippen LogP contribution in [-0.4, -0.2) is 15.7 Å². The van der Waals surface area contributed by atoms with Gasteiger partial charge in [0, 0.05) is 6.54 Å². The minimum Gasteiger partial charge on any atom is -0.395 e. The van der Waals surface area contributed by atoms with Crippen molar-refractivity contribution in [2.75, 3.05) is 5.73 Å². The predicted molar refractivity (Wildman–Crippen MR) is 83.2 cm³/mol. The van der Waals surface area contributed by atoms with Crippen LogP contribution in [0.5, 0.6) is 0 Å². The molecule has 0 unspecified atom stereocenters. The number of hydrogen-bond donors (Lipinski definition) is 3. The van der Waals surface area contributed by atoms with Gasteiger partial charge in [-0.2, -0.15) is 5.10 Å². The van der Waals surface area contributed by atoms with Crippen molar-refractivity contribution in [2.24, 2.45) is 11.5 Å². The third kappa shape index (κ3) is 2.55. The molecule has 0 aliphatic carbocycles. The van der Waals surface area contributed by atoms with E-state index in [2.05, 4.69) is 5.10 Å². The Bertz CT molecular complexity index is 713. The number of aryl methyl sites for hydroxylation is 1. The molecule has 0 radical (unpaired) electrons. The Balaban J connectivity index is 2.78. The molecule has 1 aromatic heterocycles. The number of hydrogen-bond acceptors (Lipinski definition) is 4. The largest absolute Gasteiger partial charge is 0.395 e. The van der Waals surface area contributed by atoms with Crippen LogP contribution in [0.4, 0.5) is 10.1 Å². The fourth-order valence-corrected chi connectivity index (χ4v) is 2.47. The summed E-state index contributed by atoms with van der Waals surface area (Å²) in [5.41, 5.74) is 19.0. The highest BCUT2D eigenvalue weighted by molar-refractivity contribution is 5.97. The molecule has 22 heavy (non-hydrogen) atoms. The number of halogens is 1. The summed E-state index contributed by atoms with van der Waals surface area (Å²) < 4.78 is 15.7. The second kappa shape index (κ2) is 5.76. The molecule has 1 amide bonds. The number of primary amides is 1. The van der Waals surface area contributed by atoms with E-state index in [1.807, 2.05) is 13.8 Å². The van der Waals surface area contributed by atoms with E-state index in [1.165, 1.54) is 10.7 Å². The van der Waals surface area contributed by atoms with E-state index < -0.39 is 11.7 Å². The summed E-state index contributed by atoms with van der Waals surface area (Å²) in [4.78, 5) is 11.7. The minimum absolute atomic E-state index is 0.00815. The molecule has 0 saturated heterocycles. The van der Waals surface area contributed by atoms with Gasteiger partial charge in [-0.15, -0.1) is 0 Å². The summed E-state index contributed by atoms with van der Waals surface area (Å²) in [5.74, 6) is -1.30. The lowest BCUT2D eigenvalue weighted by Crippen LogP contribution is -2.19. The highest BCUT2D eigenvalue weighted by Gasteiger charge is 2.25. The van der Waals surface area contributed by atoms with Gasteiger partial charge in [0.15, 0.2) is 5.69 Å². The van der Waals surface area contributed by atoms with Crippen molar-refractivity contribution in [1.82, 2.24) is 9.78 Å². The Morgan fingerprint density at radius 1 is 1.41 bits per heavy atom. The Labute approximate surface area is 128 Å². The first-order valence-corrected chi connectivity index (χ1v) is 6.95. The Morgan fingerprint density at radius 2 is 2.05 bits per heavy atom. The van der Waals surface area contributed by atoms with E-state index >= 15 is 0 Å². The van der Waals surface area contributed by atoms with Crippen LogP contribution in [0.15, 0.2) is 12.1 Å². The van der Waals surface area contributed by atoms with Crippen LogP contribution in [0.1, 0.15) is 47.1 Å². The molecule has 0 atom stereocenters. The van der Waals surface area contributed by atoms with Crippen LogP contribution in [0.25, 0.3) is 5.69 Å². The number of nitrogen functional groups attached to an aromatic ring is 1. The van der Waals surface area contributed by atoms with E-state index in [0.717, 1.165) is 0 Å². The summed E-state index contributed by atoms with van der Waals surface area (Å²) in [5, 5.41) is 4.30. The van der Waals surface area contributed by atoms with Crippen LogP contribution in [0.2, 0.25) is 0 Å². The van der Waals surface area contributed by atoms with Crippen molar-refractivity contribution in [3.63, 3.8) is 0 Å². The Kier molecular flexibility index (Phi) is 4.18. The predicted octanol–water partition coefficient (Wildman–Crippen LogP) is 1.58. The van der Waals surface area contributed by atoms with Gasteiger partial charge in [0.1, 0.15) is 11.5 Å². The van der Waals surface area contributed by atoms with Crippen LogP contribution >= 0.6 is 0 Å². The van der Waals surface area contributed by atoms with E-state index in [9.17, 15) is 9.18 Å². The minimum atomic E-state index is -0.751. The molecule has 1 heterocycles. The quantitative estimate of drug-likeness (QED) is 0.795. The number of carbonyl (C=O) groups excluding carboxylic acids is 1. The molecule has 0 spiro atoms. The fraction of sp³-hybridized carbons (Fsp3) is 0.333. The molecule has 0 aliphatic rings. The van der Waals surface area contributed by atoms with Gasteiger partial charge < -0.3 is 17.2 Å². The zero-order valence-corrected chi connectivity index (χ0v) is 12.9. The molecule has 1 aromatic carbocycles. The number of rotatable bonds is 4. The van der Waals surface area contributed by atoms with Crippen molar-refractivity contribution < 1.29 is 9.18 Å². The van der Waals surface area contributed by atoms with Gasteiger partial charge in [0.05, 0.1) is 11.4 Å². The molecule has 0 aliphatic heterocycles. The molecular formula is C15H20FN5O. The molecule has 2 rings (SSSR count). The van der Waals surface area contributed by atoms with Gasteiger partial charge in [-0.1, -0.05) is 19.9 Å². The first-order valence-electron chi connectivity index (χ1n) is 6.95. The SMILES string of the molecule is Cc1cc(CN)cc(F)c1-n1nc(C(C)C)c(N)c1C(N)=O. The molecule has 2 aromatic rings. The van der Waals surface area contributed by atoms with E-state index in [0.29, 0.717) is 16.8 Å². The van der Waals surface area contributed by atoms with E-state index in [-0.39, 0.29) is 29.5 Å². The summed E-state index contributed by atoms with van der Waals surface area (Å²) in [6, 6.07) is 3.07. The third-order valence-electron chi connectivity index (χ3n) is 3.49. The maximum absolute atomic E-state index is 14.5. The van der Waals surface area contributed by atoms with Crippen LogP contribution in [0.3, 0.4) is 0 Å². The highest BCUT2D eigenvalue weighted by Crippen LogP contribution is 2.29. The van der Waals surface area contributed by atoms with Crippen molar-refractivity contribution in [1.29, 1.82) is 0 Å². The Hall–Kier alpha value is -2.41. The van der Waals surface area contributed by atoms with Gasteiger partial charge in [0.2, 0.25) is 0 Å². The first-order chi connectivity index (χ1) is 10.3. The zero-order chi connectivity index (χ0) is 16.6. The van der Waals surface area contributed by atoms with Crippen molar-refractivity contribution in [3.8, 4) is 5.69 Å². The first kappa shape index (κ1) is 16.0. The average Bonchev–Trinajstić information content (AvgIpc) is 2.75. The monoisotopic (exact) mass is 305 g/mol. The zero-order valence-electron chi connectivity index (χ0n) is 12.9. The fourth-order valence-electron chi connectivity index (χ4n) is 2.47. The maximum Gasteiger partial charge on any atom is 0.269 e. The van der Waals surface area contributed by atoms with Crippen LogP contribution in [0, 0.1) is 12.7 Å².